The van der Waals surface area contributed by atoms with E-state index in [1.807, 2.05) is 24.3 Å². The van der Waals surface area contributed by atoms with Crippen molar-refractivity contribution >= 4 is 23.1 Å². The molecule has 3 N–H and O–H groups in total. The number of hydrogen-bond acceptors (Lipinski definition) is 7. The van der Waals surface area contributed by atoms with Crippen LogP contribution in [0.4, 0.5) is 5.82 Å². The van der Waals surface area contributed by atoms with Crippen molar-refractivity contribution in [2.75, 3.05) is 11.9 Å². The molecule has 9 heteroatoms. The molecule has 1 aromatic carbocycles. The van der Waals surface area contributed by atoms with Gasteiger partial charge in [-0.3, -0.25) is 4.40 Å². The number of nitrogens with one attached hydrogen (secondary N) is 1. The van der Waals surface area contributed by atoms with Crippen molar-refractivity contribution in [3.8, 4) is 0 Å². The predicted octanol–water partition coefficient (Wildman–Crippen LogP) is 1.18. The van der Waals surface area contributed by atoms with Gasteiger partial charge in [-0.2, -0.15) is 0 Å². The molecule has 1 saturated heterocycles. The highest BCUT2D eigenvalue weighted by atomic mass is 35.5. The molecule has 0 spiro atoms. The van der Waals surface area contributed by atoms with Gasteiger partial charge in [0.05, 0.1) is 6.61 Å². The van der Waals surface area contributed by atoms with E-state index in [0.29, 0.717) is 28.9 Å². The highest BCUT2D eigenvalue weighted by Crippen LogP contribution is 2.29. The second kappa shape index (κ2) is 6.57. The summed E-state index contributed by atoms with van der Waals surface area (Å²) >= 11 is 6.00. The quantitative estimate of drug-likeness (QED) is 0.641. The second-order valence-electron chi connectivity index (χ2n) is 5.82. The Morgan fingerprint density at radius 3 is 2.96 bits per heavy atom. The molecule has 0 unspecified atom stereocenters. The molecule has 0 aliphatic carbocycles. The molecular formula is C16H16ClN5O3. The number of aliphatic hydroxyl groups is 2. The number of aliphatic hydroxyl groups excluding tert-OH is 2. The van der Waals surface area contributed by atoms with Gasteiger partial charge in [0.25, 0.3) is 0 Å². The van der Waals surface area contributed by atoms with Crippen molar-refractivity contribution in [1.82, 2.24) is 19.6 Å². The van der Waals surface area contributed by atoms with Crippen LogP contribution >= 0.6 is 11.6 Å². The van der Waals surface area contributed by atoms with Gasteiger partial charge in [-0.15, -0.1) is 10.2 Å². The van der Waals surface area contributed by atoms with E-state index in [1.54, 1.807) is 16.8 Å². The van der Waals surface area contributed by atoms with Crippen LogP contribution in [0, 0.1) is 0 Å². The van der Waals surface area contributed by atoms with Gasteiger partial charge in [0.15, 0.2) is 11.6 Å². The Labute approximate surface area is 148 Å². The van der Waals surface area contributed by atoms with E-state index >= 15 is 0 Å². The summed E-state index contributed by atoms with van der Waals surface area (Å²) in [4.78, 5) is 4.30. The van der Waals surface area contributed by atoms with E-state index in [1.165, 1.54) is 0 Å². The molecule has 3 aromatic rings. The number of anilines is 1. The van der Waals surface area contributed by atoms with Crippen molar-refractivity contribution in [3.63, 3.8) is 0 Å². The van der Waals surface area contributed by atoms with Gasteiger partial charge in [-0.1, -0.05) is 23.7 Å². The molecule has 8 nitrogen and oxygen atoms in total. The first-order chi connectivity index (χ1) is 12.1. The van der Waals surface area contributed by atoms with Crippen LogP contribution in [0.15, 0.2) is 36.7 Å². The Kier molecular flexibility index (Phi) is 4.26. The first kappa shape index (κ1) is 16.2. The van der Waals surface area contributed by atoms with Crippen molar-refractivity contribution in [2.24, 2.45) is 0 Å². The molecule has 4 rings (SSSR count). The molecule has 130 valence electrons. The number of benzene rings is 1. The van der Waals surface area contributed by atoms with E-state index < -0.39 is 18.3 Å². The second-order valence-corrected chi connectivity index (χ2v) is 6.26. The van der Waals surface area contributed by atoms with E-state index in [0.717, 1.165) is 5.56 Å². The Morgan fingerprint density at radius 1 is 1.32 bits per heavy atom. The minimum Gasteiger partial charge on any atom is -0.388 e. The summed E-state index contributed by atoms with van der Waals surface area (Å²) in [6, 6.07) is 7.52. The van der Waals surface area contributed by atoms with E-state index in [4.69, 9.17) is 16.3 Å². The Balaban J connectivity index is 1.61. The van der Waals surface area contributed by atoms with Crippen LogP contribution in [0.2, 0.25) is 5.02 Å². The molecule has 1 fully saturated rings. The number of ether oxygens (including phenoxy) is 1. The first-order valence-corrected chi connectivity index (χ1v) is 8.17. The lowest BCUT2D eigenvalue weighted by Crippen LogP contribution is -2.26. The molecule has 0 radical (unpaired) electrons. The van der Waals surface area contributed by atoms with Crippen LogP contribution in [0.5, 0.6) is 0 Å². The highest BCUT2D eigenvalue weighted by Gasteiger charge is 2.38. The largest absolute Gasteiger partial charge is 0.388 e. The number of rotatable bonds is 4. The zero-order chi connectivity index (χ0) is 17.4. The normalized spacial score (nSPS) is 23.2. The van der Waals surface area contributed by atoms with Crippen LogP contribution in [0.25, 0.3) is 5.65 Å². The summed E-state index contributed by atoms with van der Waals surface area (Å²) in [7, 11) is 0. The number of nitrogens with zero attached hydrogens (tertiary/aromatic N) is 4. The molecule has 2 aromatic heterocycles. The zero-order valence-electron chi connectivity index (χ0n) is 13.1. The summed E-state index contributed by atoms with van der Waals surface area (Å²) < 4.78 is 7.13. The Bertz CT molecular complexity index is 902. The van der Waals surface area contributed by atoms with Gasteiger partial charge in [0.1, 0.15) is 18.3 Å². The van der Waals surface area contributed by atoms with E-state index in [9.17, 15) is 10.2 Å². The van der Waals surface area contributed by atoms with Gasteiger partial charge in [0, 0.05) is 24.0 Å². The fourth-order valence-corrected chi connectivity index (χ4v) is 3.04. The average molecular weight is 362 g/mol. The molecule has 0 bridgehead atoms. The highest BCUT2D eigenvalue weighted by molar-refractivity contribution is 6.30. The summed E-state index contributed by atoms with van der Waals surface area (Å²) in [6.45, 7) is 0.586. The topological polar surface area (TPSA) is 105 Å². The monoisotopic (exact) mass is 361 g/mol. The molecule has 25 heavy (non-hydrogen) atoms. The maximum absolute atomic E-state index is 10.0. The molecule has 1 aliphatic rings. The lowest BCUT2D eigenvalue weighted by atomic mass is 10.1. The van der Waals surface area contributed by atoms with Gasteiger partial charge in [-0.05, 0) is 17.7 Å². The molecule has 0 amide bonds. The van der Waals surface area contributed by atoms with Crippen molar-refractivity contribution in [3.05, 3.63) is 53.1 Å². The Morgan fingerprint density at radius 2 is 2.20 bits per heavy atom. The van der Waals surface area contributed by atoms with Crippen LogP contribution in [-0.2, 0) is 11.3 Å². The van der Waals surface area contributed by atoms with Gasteiger partial charge in [0.2, 0.25) is 5.65 Å². The van der Waals surface area contributed by atoms with E-state index in [-0.39, 0.29) is 6.61 Å². The number of halogens is 1. The van der Waals surface area contributed by atoms with Crippen molar-refractivity contribution in [1.29, 1.82) is 0 Å². The standard InChI is InChI=1S/C16H16ClN5O3/c17-10-3-1-2-9(6-10)7-19-14-16-21-20-15(22(16)5-4-18-14)13-12(24)11(23)8-25-13/h1-6,11-13,23-24H,7-8H2,(H,18,19)/t11-,12-,13-/m1/s1. The smallest absolute Gasteiger partial charge is 0.203 e. The van der Waals surface area contributed by atoms with Crippen molar-refractivity contribution < 1.29 is 14.9 Å². The average Bonchev–Trinajstić information content (AvgIpc) is 3.17. The predicted molar refractivity (Wildman–Crippen MR) is 90.3 cm³/mol. The number of fused-ring (bicyclic) bond motifs is 1. The SMILES string of the molecule is O[C@@H]1[C@H](O)CO[C@H]1c1nnc2c(NCc3cccc(Cl)c3)nccn12. The minimum atomic E-state index is -1.04. The summed E-state index contributed by atoms with van der Waals surface area (Å²) in [5, 5.41) is 31.8. The maximum atomic E-state index is 10.0. The van der Waals surface area contributed by atoms with Crippen LogP contribution in [0.3, 0.4) is 0 Å². The zero-order valence-corrected chi connectivity index (χ0v) is 13.8. The molecule has 1 aliphatic heterocycles. The molecular weight excluding hydrogens is 346 g/mol. The fraction of sp³-hybridized carbons (Fsp3) is 0.312. The number of hydrogen-bond donors (Lipinski definition) is 3. The summed E-state index contributed by atoms with van der Waals surface area (Å²) in [5.41, 5.74) is 1.52. The van der Waals surface area contributed by atoms with Gasteiger partial charge in [-0.25, -0.2) is 4.98 Å². The molecule has 0 saturated carbocycles. The minimum absolute atomic E-state index is 0.0612. The molecule has 3 atom stereocenters. The van der Waals surface area contributed by atoms with Crippen LogP contribution in [-0.4, -0.2) is 48.6 Å². The third kappa shape index (κ3) is 3.05. The first-order valence-electron chi connectivity index (χ1n) is 7.79. The maximum Gasteiger partial charge on any atom is 0.203 e. The number of aromatic nitrogens is 4. The Hall–Kier alpha value is -2.26. The third-order valence-corrected chi connectivity index (χ3v) is 4.34. The lowest BCUT2D eigenvalue weighted by molar-refractivity contribution is 0.0178. The van der Waals surface area contributed by atoms with E-state index in [2.05, 4.69) is 20.5 Å². The summed E-state index contributed by atoms with van der Waals surface area (Å²) in [6.07, 6.45) is 0.602. The van der Waals surface area contributed by atoms with Crippen LogP contribution < -0.4 is 5.32 Å². The third-order valence-electron chi connectivity index (χ3n) is 4.11. The van der Waals surface area contributed by atoms with Gasteiger partial charge >= 0.3 is 0 Å². The fourth-order valence-electron chi connectivity index (χ4n) is 2.82. The van der Waals surface area contributed by atoms with Gasteiger partial charge < -0.3 is 20.3 Å². The summed E-state index contributed by atoms with van der Waals surface area (Å²) in [5.74, 6) is 0.974. The van der Waals surface area contributed by atoms with Crippen molar-refractivity contribution in [2.45, 2.75) is 24.9 Å². The van der Waals surface area contributed by atoms with Crippen LogP contribution in [0.1, 0.15) is 17.5 Å². The lowest BCUT2D eigenvalue weighted by Gasteiger charge is -2.13. The molecule has 3 heterocycles.